The molecule has 1 fully saturated rings. The predicted molar refractivity (Wildman–Crippen MR) is 78.6 cm³/mol. The van der Waals surface area contributed by atoms with Crippen molar-refractivity contribution in [3.8, 4) is 5.75 Å². The summed E-state index contributed by atoms with van der Waals surface area (Å²) in [7, 11) is 0. The molecule has 5 nitrogen and oxygen atoms in total. The van der Waals surface area contributed by atoms with Crippen LogP contribution in [0.25, 0.3) is 0 Å². The van der Waals surface area contributed by atoms with Gasteiger partial charge in [0.25, 0.3) is 0 Å². The highest BCUT2D eigenvalue weighted by molar-refractivity contribution is 5.51. The SMILES string of the molecule is Nc1ccccc1OCC(O)CN1CCC(CCO)C1. The molecule has 1 heterocycles. The number of rotatable bonds is 7. The summed E-state index contributed by atoms with van der Waals surface area (Å²) in [5.41, 5.74) is 6.37. The largest absolute Gasteiger partial charge is 0.489 e. The van der Waals surface area contributed by atoms with Crippen molar-refractivity contribution in [2.45, 2.75) is 18.9 Å². The summed E-state index contributed by atoms with van der Waals surface area (Å²) >= 11 is 0. The van der Waals surface area contributed by atoms with Crippen molar-refractivity contribution in [3.05, 3.63) is 24.3 Å². The van der Waals surface area contributed by atoms with Gasteiger partial charge in [-0.25, -0.2) is 0 Å². The fourth-order valence-corrected chi connectivity index (χ4v) is 2.65. The molecule has 4 N–H and O–H groups in total. The van der Waals surface area contributed by atoms with Crippen LogP contribution < -0.4 is 10.5 Å². The van der Waals surface area contributed by atoms with E-state index in [9.17, 15) is 5.11 Å². The maximum Gasteiger partial charge on any atom is 0.142 e. The molecule has 0 aliphatic carbocycles. The summed E-state index contributed by atoms with van der Waals surface area (Å²) in [6.45, 7) is 3.03. The third-order valence-corrected chi connectivity index (χ3v) is 3.73. The Kier molecular flexibility index (Phi) is 5.64. The highest BCUT2D eigenvalue weighted by atomic mass is 16.5. The molecule has 1 saturated heterocycles. The molecule has 1 aromatic carbocycles. The molecule has 0 amide bonds. The van der Waals surface area contributed by atoms with Gasteiger partial charge in [0, 0.05) is 19.7 Å². The number of anilines is 1. The molecule has 5 heteroatoms. The average Bonchev–Trinajstić information content (AvgIpc) is 2.85. The lowest BCUT2D eigenvalue weighted by Gasteiger charge is -2.20. The van der Waals surface area contributed by atoms with Gasteiger partial charge in [0.1, 0.15) is 18.5 Å². The third kappa shape index (κ3) is 4.37. The van der Waals surface area contributed by atoms with Crippen molar-refractivity contribution >= 4 is 5.69 Å². The van der Waals surface area contributed by atoms with Crippen LogP contribution in [0.5, 0.6) is 5.75 Å². The van der Waals surface area contributed by atoms with E-state index in [1.165, 1.54) is 0 Å². The first-order chi connectivity index (χ1) is 9.69. The van der Waals surface area contributed by atoms with E-state index in [2.05, 4.69) is 4.90 Å². The lowest BCUT2D eigenvalue weighted by molar-refractivity contribution is 0.0746. The van der Waals surface area contributed by atoms with Crippen LogP contribution in [0, 0.1) is 5.92 Å². The topological polar surface area (TPSA) is 79.0 Å². The van der Waals surface area contributed by atoms with Crippen molar-refractivity contribution in [3.63, 3.8) is 0 Å². The number of para-hydroxylation sites is 2. The van der Waals surface area contributed by atoms with Crippen LogP contribution in [-0.4, -0.2) is 54.1 Å². The monoisotopic (exact) mass is 280 g/mol. The molecular formula is C15H24N2O3. The summed E-state index contributed by atoms with van der Waals surface area (Å²) in [6, 6.07) is 7.29. The highest BCUT2D eigenvalue weighted by Gasteiger charge is 2.23. The fourth-order valence-electron chi connectivity index (χ4n) is 2.65. The summed E-state index contributed by atoms with van der Waals surface area (Å²) in [4.78, 5) is 2.22. The number of hydrogen-bond acceptors (Lipinski definition) is 5. The lowest BCUT2D eigenvalue weighted by atomic mass is 10.1. The molecule has 2 atom stereocenters. The van der Waals surface area contributed by atoms with Gasteiger partial charge in [0.2, 0.25) is 0 Å². The molecule has 1 aliphatic rings. The molecule has 0 radical (unpaired) electrons. The van der Waals surface area contributed by atoms with Gasteiger partial charge < -0.3 is 25.6 Å². The van der Waals surface area contributed by atoms with Crippen molar-refractivity contribution in [1.82, 2.24) is 4.90 Å². The van der Waals surface area contributed by atoms with E-state index in [0.717, 1.165) is 25.9 Å². The molecule has 112 valence electrons. The minimum Gasteiger partial charge on any atom is -0.489 e. The summed E-state index contributed by atoms with van der Waals surface area (Å²) in [5.74, 6) is 1.17. The van der Waals surface area contributed by atoms with Gasteiger partial charge in [-0.1, -0.05) is 12.1 Å². The maximum absolute atomic E-state index is 10.0. The van der Waals surface area contributed by atoms with Crippen LogP contribution in [-0.2, 0) is 0 Å². The predicted octanol–water partition coefficient (Wildman–Crippen LogP) is 0.713. The molecule has 2 rings (SSSR count). The van der Waals surface area contributed by atoms with Crippen LogP contribution in [0.15, 0.2) is 24.3 Å². The number of hydrogen-bond donors (Lipinski definition) is 3. The van der Waals surface area contributed by atoms with Gasteiger partial charge in [0.15, 0.2) is 0 Å². The molecule has 1 aliphatic heterocycles. The zero-order valence-electron chi connectivity index (χ0n) is 11.7. The summed E-state index contributed by atoms with van der Waals surface area (Å²) in [5, 5.41) is 19.0. The van der Waals surface area contributed by atoms with Crippen LogP contribution in [0.2, 0.25) is 0 Å². The Hall–Kier alpha value is -1.30. The number of nitrogen functional groups attached to an aromatic ring is 1. The Labute approximate surface area is 120 Å². The zero-order chi connectivity index (χ0) is 14.4. The van der Waals surface area contributed by atoms with E-state index < -0.39 is 6.10 Å². The van der Waals surface area contributed by atoms with E-state index in [4.69, 9.17) is 15.6 Å². The molecule has 0 spiro atoms. The van der Waals surface area contributed by atoms with E-state index in [1.807, 2.05) is 12.1 Å². The highest BCUT2D eigenvalue weighted by Crippen LogP contribution is 2.21. The van der Waals surface area contributed by atoms with Crippen molar-refractivity contribution in [2.75, 3.05) is 38.6 Å². The van der Waals surface area contributed by atoms with Gasteiger partial charge in [-0.2, -0.15) is 0 Å². The number of benzene rings is 1. The molecule has 0 saturated carbocycles. The number of nitrogens with zero attached hydrogens (tertiary/aromatic N) is 1. The fraction of sp³-hybridized carbons (Fsp3) is 0.600. The standard InChI is InChI=1S/C15H24N2O3/c16-14-3-1-2-4-15(14)20-11-13(19)10-17-7-5-12(9-17)6-8-18/h1-4,12-13,18-19H,5-11,16H2. The first kappa shape index (κ1) is 15.1. The number of aliphatic hydroxyl groups is 2. The number of nitrogens with two attached hydrogens (primary N) is 1. The second-order valence-electron chi connectivity index (χ2n) is 5.43. The molecule has 20 heavy (non-hydrogen) atoms. The quantitative estimate of drug-likeness (QED) is 0.641. The summed E-state index contributed by atoms with van der Waals surface area (Å²) in [6.07, 6.45) is 1.42. The van der Waals surface area contributed by atoms with Gasteiger partial charge in [-0.05, 0) is 37.4 Å². The number of likely N-dealkylation sites (tertiary alicyclic amines) is 1. The minimum atomic E-state index is -0.525. The number of β-amino-alcohol motifs (C(OH)–C–C–N with tert-alkyl or cyclic N) is 1. The van der Waals surface area contributed by atoms with Crippen molar-refractivity contribution < 1.29 is 14.9 Å². The second kappa shape index (κ2) is 7.47. The maximum atomic E-state index is 10.0. The van der Waals surface area contributed by atoms with Gasteiger partial charge in [-0.3, -0.25) is 0 Å². The van der Waals surface area contributed by atoms with Crippen LogP contribution >= 0.6 is 0 Å². The Morgan fingerprint density at radius 3 is 2.95 bits per heavy atom. The first-order valence-electron chi connectivity index (χ1n) is 7.17. The van der Waals surface area contributed by atoms with Gasteiger partial charge >= 0.3 is 0 Å². The van der Waals surface area contributed by atoms with E-state index in [0.29, 0.717) is 23.9 Å². The minimum absolute atomic E-state index is 0.245. The normalized spacial score (nSPS) is 21.0. The number of aliphatic hydroxyl groups excluding tert-OH is 2. The molecule has 0 bridgehead atoms. The molecule has 2 unspecified atom stereocenters. The molecule has 1 aromatic rings. The molecule has 0 aromatic heterocycles. The summed E-state index contributed by atoms with van der Waals surface area (Å²) < 4.78 is 5.54. The Morgan fingerprint density at radius 1 is 1.40 bits per heavy atom. The van der Waals surface area contributed by atoms with E-state index >= 15 is 0 Å². The third-order valence-electron chi connectivity index (χ3n) is 3.73. The van der Waals surface area contributed by atoms with E-state index in [-0.39, 0.29) is 13.2 Å². The number of ether oxygens (including phenoxy) is 1. The van der Waals surface area contributed by atoms with Crippen LogP contribution in [0.1, 0.15) is 12.8 Å². The second-order valence-corrected chi connectivity index (χ2v) is 5.43. The van der Waals surface area contributed by atoms with Crippen molar-refractivity contribution in [2.24, 2.45) is 5.92 Å². The van der Waals surface area contributed by atoms with Gasteiger partial charge in [0.05, 0.1) is 5.69 Å². The smallest absolute Gasteiger partial charge is 0.142 e. The van der Waals surface area contributed by atoms with E-state index in [1.54, 1.807) is 12.1 Å². The Balaban J connectivity index is 1.71. The van der Waals surface area contributed by atoms with Crippen molar-refractivity contribution in [1.29, 1.82) is 0 Å². The Bertz CT molecular complexity index is 414. The van der Waals surface area contributed by atoms with Crippen LogP contribution in [0.4, 0.5) is 5.69 Å². The van der Waals surface area contributed by atoms with Crippen LogP contribution in [0.3, 0.4) is 0 Å². The average molecular weight is 280 g/mol. The van der Waals surface area contributed by atoms with Gasteiger partial charge in [-0.15, -0.1) is 0 Å². The lowest BCUT2D eigenvalue weighted by Crippen LogP contribution is -2.34. The Morgan fingerprint density at radius 2 is 2.20 bits per heavy atom. The first-order valence-corrected chi connectivity index (χ1v) is 7.17. The molecular weight excluding hydrogens is 256 g/mol. The zero-order valence-corrected chi connectivity index (χ0v) is 11.7.